The average molecular weight is 496 g/mol. The number of nitrogens with zero attached hydrogens (tertiary/aromatic N) is 4. The third kappa shape index (κ3) is 4.62. The number of pyridine rings is 1. The molecule has 0 spiro atoms. The first-order valence-corrected chi connectivity index (χ1v) is 11.9. The maximum atomic E-state index is 10.9. The Balaban J connectivity index is 1.48. The van der Waals surface area contributed by atoms with Crippen LogP contribution < -0.4 is 5.32 Å². The molecule has 3 aromatic carbocycles. The first-order chi connectivity index (χ1) is 17.1. The molecular weight excluding hydrogens is 478 g/mol. The topological polar surface area (TPSA) is 83.6 Å². The number of carbonyl (C=O) groups is 1. The SMILES string of the molecule is Cn1ccnc1Sc1ccc(Nc2c(C#N)cnc3cc(-c4ccc(C=O)cc4)ccc23)cc1Cl. The second-order valence-corrected chi connectivity index (χ2v) is 9.24. The van der Waals surface area contributed by atoms with E-state index in [1.807, 2.05) is 66.3 Å². The molecule has 35 heavy (non-hydrogen) atoms. The van der Waals surface area contributed by atoms with Gasteiger partial charge < -0.3 is 9.88 Å². The summed E-state index contributed by atoms with van der Waals surface area (Å²) < 4.78 is 1.93. The van der Waals surface area contributed by atoms with E-state index in [-0.39, 0.29) is 0 Å². The van der Waals surface area contributed by atoms with Crippen molar-refractivity contribution in [3.63, 3.8) is 0 Å². The van der Waals surface area contributed by atoms with E-state index in [4.69, 9.17) is 11.6 Å². The van der Waals surface area contributed by atoms with E-state index in [0.717, 1.165) is 44.1 Å². The molecule has 0 fully saturated rings. The Hall–Kier alpha value is -4.12. The van der Waals surface area contributed by atoms with Crippen LogP contribution in [0.5, 0.6) is 0 Å². The van der Waals surface area contributed by atoms with Crippen LogP contribution in [-0.4, -0.2) is 20.8 Å². The van der Waals surface area contributed by atoms with Gasteiger partial charge in [-0.05, 0) is 35.4 Å². The van der Waals surface area contributed by atoms with Gasteiger partial charge in [0.1, 0.15) is 12.4 Å². The van der Waals surface area contributed by atoms with Crippen LogP contribution in [-0.2, 0) is 7.05 Å². The number of aldehydes is 1. The van der Waals surface area contributed by atoms with Crippen LogP contribution in [0.3, 0.4) is 0 Å². The fourth-order valence-electron chi connectivity index (χ4n) is 3.70. The predicted octanol–water partition coefficient (Wildman–Crippen LogP) is 6.87. The Kier molecular flexibility index (Phi) is 6.23. The van der Waals surface area contributed by atoms with Crippen LogP contribution in [0, 0.1) is 11.3 Å². The van der Waals surface area contributed by atoms with Crippen LogP contribution >= 0.6 is 23.4 Å². The highest BCUT2D eigenvalue weighted by atomic mass is 35.5. The lowest BCUT2D eigenvalue weighted by molar-refractivity contribution is 0.112. The first kappa shape index (κ1) is 22.7. The van der Waals surface area contributed by atoms with Gasteiger partial charge in [0.05, 0.1) is 21.8 Å². The lowest BCUT2D eigenvalue weighted by atomic mass is 10.0. The molecule has 8 heteroatoms. The smallest absolute Gasteiger partial charge is 0.172 e. The molecule has 170 valence electrons. The van der Waals surface area contributed by atoms with Crippen molar-refractivity contribution in [1.29, 1.82) is 5.26 Å². The number of carbonyl (C=O) groups excluding carboxylic acids is 1. The molecule has 0 aliphatic rings. The van der Waals surface area contributed by atoms with Gasteiger partial charge in [0.15, 0.2) is 5.16 Å². The normalized spacial score (nSPS) is 10.8. The Bertz CT molecular complexity index is 1610. The maximum absolute atomic E-state index is 10.9. The summed E-state index contributed by atoms with van der Waals surface area (Å²) in [4.78, 5) is 20.7. The van der Waals surface area contributed by atoms with E-state index < -0.39 is 0 Å². The molecule has 6 nitrogen and oxygen atoms in total. The minimum Gasteiger partial charge on any atom is -0.354 e. The van der Waals surface area contributed by atoms with Gasteiger partial charge in [-0.15, -0.1) is 0 Å². The van der Waals surface area contributed by atoms with Gasteiger partial charge in [-0.1, -0.05) is 59.8 Å². The summed E-state index contributed by atoms with van der Waals surface area (Å²) >= 11 is 8.05. The van der Waals surface area contributed by atoms with Crippen LogP contribution in [0.4, 0.5) is 11.4 Å². The highest BCUT2D eigenvalue weighted by Gasteiger charge is 2.13. The molecule has 0 aliphatic carbocycles. The van der Waals surface area contributed by atoms with E-state index in [9.17, 15) is 10.1 Å². The number of aryl methyl sites for hydroxylation is 1. The number of anilines is 2. The van der Waals surface area contributed by atoms with Gasteiger partial charge in [0, 0.05) is 47.2 Å². The molecule has 1 N–H and O–H groups in total. The number of aromatic nitrogens is 3. The lowest BCUT2D eigenvalue weighted by Crippen LogP contribution is -1.97. The summed E-state index contributed by atoms with van der Waals surface area (Å²) in [5.74, 6) is 0. The van der Waals surface area contributed by atoms with E-state index >= 15 is 0 Å². The molecule has 5 aromatic rings. The minimum atomic E-state index is 0.433. The number of fused-ring (bicyclic) bond motifs is 1. The van der Waals surface area contributed by atoms with Crippen molar-refractivity contribution in [3.05, 3.63) is 95.4 Å². The highest BCUT2D eigenvalue weighted by molar-refractivity contribution is 7.99. The van der Waals surface area contributed by atoms with Crippen molar-refractivity contribution in [2.24, 2.45) is 7.05 Å². The standard InChI is InChI=1S/C27H18ClN5OS/c1-33-11-10-30-27(33)35-25-9-7-21(13-23(25)28)32-26-20(14-29)15-31-24-12-19(6-8-22(24)26)18-4-2-17(16-34)3-5-18/h2-13,15-16H,1H3,(H,31,32). The highest BCUT2D eigenvalue weighted by Crippen LogP contribution is 2.36. The first-order valence-electron chi connectivity index (χ1n) is 10.7. The number of hydrogen-bond acceptors (Lipinski definition) is 6. The zero-order chi connectivity index (χ0) is 24.4. The van der Waals surface area contributed by atoms with E-state index in [1.54, 1.807) is 24.5 Å². The van der Waals surface area contributed by atoms with Crippen LogP contribution in [0.2, 0.25) is 5.02 Å². The average Bonchev–Trinajstić information content (AvgIpc) is 3.29. The van der Waals surface area contributed by atoms with Gasteiger partial charge in [-0.25, -0.2) is 4.98 Å². The summed E-state index contributed by atoms with van der Waals surface area (Å²) in [5, 5.41) is 15.3. The molecule has 2 heterocycles. The van der Waals surface area contributed by atoms with Crippen molar-refractivity contribution in [2.75, 3.05) is 5.32 Å². The third-order valence-corrected chi connectivity index (χ3v) is 7.13. The molecule has 0 aliphatic heterocycles. The van der Waals surface area contributed by atoms with Crippen molar-refractivity contribution >= 4 is 51.9 Å². The van der Waals surface area contributed by atoms with Crippen molar-refractivity contribution in [1.82, 2.24) is 14.5 Å². The van der Waals surface area contributed by atoms with E-state index in [2.05, 4.69) is 21.4 Å². The Morgan fingerprint density at radius 3 is 2.54 bits per heavy atom. The summed E-state index contributed by atoms with van der Waals surface area (Å²) in [6.07, 6.45) is 6.02. The number of imidazole rings is 1. The van der Waals surface area contributed by atoms with Gasteiger partial charge in [-0.3, -0.25) is 9.78 Å². The fourth-order valence-corrected chi connectivity index (χ4v) is 4.80. The molecule has 0 saturated carbocycles. The summed E-state index contributed by atoms with van der Waals surface area (Å²) in [7, 11) is 1.93. The molecular formula is C27H18ClN5OS. The molecule has 0 atom stereocenters. The zero-order valence-electron chi connectivity index (χ0n) is 18.6. The summed E-state index contributed by atoms with van der Waals surface area (Å²) in [6.45, 7) is 0. The second kappa shape index (κ2) is 9.63. The van der Waals surface area contributed by atoms with Crippen LogP contribution in [0.15, 0.2) is 89.3 Å². The molecule has 0 saturated heterocycles. The van der Waals surface area contributed by atoms with Crippen molar-refractivity contribution in [2.45, 2.75) is 10.1 Å². The van der Waals surface area contributed by atoms with Crippen LogP contribution in [0.1, 0.15) is 15.9 Å². The van der Waals surface area contributed by atoms with Crippen LogP contribution in [0.25, 0.3) is 22.0 Å². The quantitative estimate of drug-likeness (QED) is 0.259. The number of hydrogen-bond donors (Lipinski definition) is 1. The van der Waals surface area contributed by atoms with Gasteiger partial charge in [0.25, 0.3) is 0 Å². The second-order valence-electron chi connectivity index (χ2n) is 7.82. The maximum Gasteiger partial charge on any atom is 0.172 e. The number of nitriles is 1. The lowest BCUT2D eigenvalue weighted by Gasteiger charge is -2.14. The minimum absolute atomic E-state index is 0.433. The molecule has 2 aromatic heterocycles. The number of halogens is 1. The summed E-state index contributed by atoms with van der Waals surface area (Å²) in [6, 6.07) is 21.2. The molecule has 5 rings (SSSR count). The molecule has 0 amide bonds. The third-order valence-electron chi connectivity index (χ3n) is 5.55. The predicted molar refractivity (Wildman–Crippen MR) is 139 cm³/mol. The van der Waals surface area contributed by atoms with Gasteiger partial charge >= 0.3 is 0 Å². The van der Waals surface area contributed by atoms with Gasteiger partial charge in [-0.2, -0.15) is 5.26 Å². The molecule has 0 unspecified atom stereocenters. The van der Waals surface area contributed by atoms with E-state index in [0.29, 0.717) is 21.8 Å². The molecule has 0 radical (unpaired) electrons. The number of rotatable bonds is 6. The number of benzene rings is 3. The Labute approximate surface area is 211 Å². The van der Waals surface area contributed by atoms with Crippen molar-refractivity contribution in [3.8, 4) is 17.2 Å². The Morgan fingerprint density at radius 1 is 1.06 bits per heavy atom. The Morgan fingerprint density at radius 2 is 1.86 bits per heavy atom. The fraction of sp³-hybridized carbons (Fsp3) is 0.0370. The van der Waals surface area contributed by atoms with Gasteiger partial charge in [0.2, 0.25) is 0 Å². The number of nitrogens with one attached hydrogen (secondary N) is 1. The van der Waals surface area contributed by atoms with E-state index in [1.165, 1.54) is 11.8 Å². The van der Waals surface area contributed by atoms with Crippen molar-refractivity contribution < 1.29 is 4.79 Å². The monoisotopic (exact) mass is 495 g/mol. The summed E-state index contributed by atoms with van der Waals surface area (Å²) in [5.41, 5.74) is 5.18. The largest absolute Gasteiger partial charge is 0.354 e. The zero-order valence-corrected chi connectivity index (χ0v) is 20.1. The molecule has 0 bridgehead atoms.